The maximum absolute atomic E-state index is 13.3. The van der Waals surface area contributed by atoms with Gasteiger partial charge in [-0.3, -0.25) is 9.48 Å². The summed E-state index contributed by atoms with van der Waals surface area (Å²) in [6, 6.07) is 4.19. The molecule has 0 aliphatic rings. The van der Waals surface area contributed by atoms with Crippen molar-refractivity contribution in [1.29, 1.82) is 0 Å². The average Bonchev–Trinajstić information content (AvgIpc) is 3.23. The number of carbonyl (C=O) groups is 2. The molecule has 8 heteroatoms. The van der Waals surface area contributed by atoms with Crippen LogP contribution in [0.5, 0.6) is 0 Å². The zero-order chi connectivity index (χ0) is 18.0. The maximum Gasteiger partial charge on any atom is 0.326 e. The Morgan fingerprint density at radius 2 is 2.24 bits per heavy atom. The number of benzene rings is 1. The number of H-pyrrole nitrogens is 1. The maximum atomic E-state index is 13.3. The van der Waals surface area contributed by atoms with Crippen LogP contribution in [0.2, 0.25) is 0 Å². The summed E-state index contributed by atoms with van der Waals surface area (Å²) in [5.41, 5.74) is 1.27. The first-order chi connectivity index (χ1) is 12.0. The Labute approximate surface area is 142 Å². The second-order valence-electron chi connectivity index (χ2n) is 5.77. The predicted molar refractivity (Wildman–Crippen MR) is 88.5 cm³/mol. The zero-order valence-corrected chi connectivity index (χ0v) is 13.4. The highest BCUT2D eigenvalue weighted by Gasteiger charge is 2.25. The summed E-state index contributed by atoms with van der Waals surface area (Å²) < 4.78 is 14.7. The first kappa shape index (κ1) is 16.7. The number of hydrogen-bond donors (Lipinski definition) is 3. The molecule has 0 saturated heterocycles. The van der Waals surface area contributed by atoms with Crippen LogP contribution in [0.15, 0.2) is 42.9 Å². The lowest BCUT2D eigenvalue weighted by atomic mass is 10.0. The molecule has 0 radical (unpaired) electrons. The number of rotatable bonds is 6. The Morgan fingerprint density at radius 1 is 1.44 bits per heavy atom. The molecule has 25 heavy (non-hydrogen) atoms. The van der Waals surface area contributed by atoms with Gasteiger partial charge in [-0.2, -0.15) is 5.10 Å². The summed E-state index contributed by atoms with van der Waals surface area (Å²) in [7, 11) is 0. The molecule has 2 heterocycles. The van der Waals surface area contributed by atoms with Gasteiger partial charge in [-0.25, -0.2) is 9.18 Å². The molecular weight excluding hydrogens is 327 g/mol. The fourth-order valence-electron chi connectivity index (χ4n) is 2.67. The van der Waals surface area contributed by atoms with E-state index in [4.69, 9.17) is 0 Å². The number of amides is 1. The van der Waals surface area contributed by atoms with Gasteiger partial charge in [0, 0.05) is 35.9 Å². The number of carboxylic acid groups (broad SMARTS) is 1. The highest BCUT2D eigenvalue weighted by Crippen LogP contribution is 2.20. The van der Waals surface area contributed by atoms with E-state index in [-0.39, 0.29) is 12.2 Å². The molecule has 0 bridgehead atoms. The van der Waals surface area contributed by atoms with E-state index in [1.165, 1.54) is 16.8 Å². The first-order valence-corrected chi connectivity index (χ1v) is 7.73. The molecule has 2 atom stereocenters. The van der Waals surface area contributed by atoms with Gasteiger partial charge in [-0.1, -0.05) is 0 Å². The van der Waals surface area contributed by atoms with Crippen LogP contribution in [0, 0.1) is 5.82 Å². The molecule has 0 fully saturated rings. The minimum Gasteiger partial charge on any atom is -0.480 e. The fourth-order valence-corrected chi connectivity index (χ4v) is 2.67. The molecule has 0 saturated carbocycles. The fraction of sp³-hybridized carbons (Fsp3) is 0.235. The van der Waals surface area contributed by atoms with E-state index in [9.17, 15) is 19.1 Å². The van der Waals surface area contributed by atoms with Crippen molar-refractivity contribution < 1.29 is 19.1 Å². The summed E-state index contributed by atoms with van der Waals surface area (Å²) in [5.74, 6) is -1.96. The van der Waals surface area contributed by atoms with Crippen LogP contribution in [0.4, 0.5) is 4.39 Å². The van der Waals surface area contributed by atoms with Crippen LogP contribution in [0.3, 0.4) is 0 Å². The van der Waals surface area contributed by atoms with Gasteiger partial charge in [-0.05, 0) is 36.8 Å². The summed E-state index contributed by atoms with van der Waals surface area (Å²) in [4.78, 5) is 26.8. The van der Waals surface area contributed by atoms with Crippen LogP contribution in [0.1, 0.15) is 18.5 Å². The van der Waals surface area contributed by atoms with Gasteiger partial charge in [-0.15, -0.1) is 0 Å². The number of carbonyl (C=O) groups excluding carboxylic acids is 1. The summed E-state index contributed by atoms with van der Waals surface area (Å²) in [6.45, 7) is 1.63. The lowest BCUT2D eigenvalue weighted by molar-refractivity contribution is -0.142. The van der Waals surface area contributed by atoms with E-state index >= 15 is 0 Å². The number of hydrogen-bond acceptors (Lipinski definition) is 3. The van der Waals surface area contributed by atoms with Crippen molar-refractivity contribution in [3.05, 3.63) is 54.2 Å². The minimum atomic E-state index is -1.14. The highest BCUT2D eigenvalue weighted by molar-refractivity contribution is 5.87. The molecule has 0 spiro atoms. The van der Waals surface area contributed by atoms with E-state index < -0.39 is 24.0 Å². The SMILES string of the molecule is C[C@@H](C(=O)N[C@H](Cc1c[nH]c2cc(F)ccc12)C(=O)O)n1cccn1. The van der Waals surface area contributed by atoms with Crippen LogP contribution in [0.25, 0.3) is 10.9 Å². The van der Waals surface area contributed by atoms with Gasteiger partial charge in [0.15, 0.2) is 0 Å². The lowest BCUT2D eigenvalue weighted by Gasteiger charge is -2.18. The lowest BCUT2D eigenvalue weighted by Crippen LogP contribution is -2.45. The molecule has 1 amide bonds. The Bertz CT molecular complexity index is 904. The second-order valence-corrected chi connectivity index (χ2v) is 5.77. The number of halogens is 1. The van der Waals surface area contributed by atoms with Crippen LogP contribution >= 0.6 is 0 Å². The molecule has 130 valence electrons. The Hall–Kier alpha value is -3.16. The summed E-state index contributed by atoms with van der Waals surface area (Å²) >= 11 is 0. The van der Waals surface area contributed by atoms with E-state index in [0.29, 0.717) is 11.1 Å². The predicted octanol–water partition coefficient (Wildman–Crippen LogP) is 1.88. The third kappa shape index (κ3) is 3.52. The molecule has 3 N–H and O–H groups in total. The van der Waals surface area contributed by atoms with E-state index in [2.05, 4.69) is 15.4 Å². The van der Waals surface area contributed by atoms with Gasteiger partial charge >= 0.3 is 5.97 Å². The number of fused-ring (bicyclic) bond motifs is 1. The number of nitrogens with zero attached hydrogens (tertiary/aromatic N) is 2. The van der Waals surface area contributed by atoms with Gasteiger partial charge in [0.2, 0.25) is 5.91 Å². The number of nitrogens with one attached hydrogen (secondary N) is 2. The van der Waals surface area contributed by atoms with Gasteiger partial charge in [0.1, 0.15) is 17.9 Å². The van der Waals surface area contributed by atoms with Crippen molar-refractivity contribution >= 4 is 22.8 Å². The van der Waals surface area contributed by atoms with E-state index in [1.807, 2.05) is 0 Å². The van der Waals surface area contributed by atoms with Crippen molar-refractivity contribution in [3.63, 3.8) is 0 Å². The van der Waals surface area contributed by atoms with Crippen LogP contribution in [-0.2, 0) is 16.0 Å². The molecule has 7 nitrogen and oxygen atoms in total. The number of carboxylic acids is 1. The van der Waals surface area contributed by atoms with Crippen molar-refractivity contribution in [3.8, 4) is 0 Å². The number of aromatic amines is 1. The average molecular weight is 344 g/mol. The monoisotopic (exact) mass is 344 g/mol. The van der Waals surface area contributed by atoms with Gasteiger partial charge in [0.05, 0.1) is 0 Å². The second kappa shape index (κ2) is 6.76. The quantitative estimate of drug-likeness (QED) is 0.635. The first-order valence-electron chi connectivity index (χ1n) is 7.73. The third-order valence-electron chi connectivity index (χ3n) is 4.07. The van der Waals surface area contributed by atoms with Gasteiger partial charge in [0.25, 0.3) is 0 Å². The van der Waals surface area contributed by atoms with Crippen LogP contribution in [-0.4, -0.2) is 37.8 Å². The molecule has 3 aromatic rings. The Morgan fingerprint density at radius 3 is 2.92 bits per heavy atom. The van der Waals surface area contributed by atoms with E-state index in [1.54, 1.807) is 37.6 Å². The highest BCUT2D eigenvalue weighted by atomic mass is 19.1. The topological polar surface area (TPSA) is 100 Å². The normalized spacial score (nSPS) is 13.5. The molecule has 0 aliphatic heterocycles. The molecule has 2 aromatic heterocycles. The van der Waals surface area contributed by atoms with E-state index in [0.717, 1.165) is 5.39 Å². The number of aliphatic carboxylic acids is 1. The van der Waals surface area contributed by atoms with Crippen molar-refractivity contribution in [2.75, 3.05) is 0 Å². The largest absolute Gasteiger partial charge is 0.480 e. The smallest absolute Gasteiger partial charge is 0.326 e. The molecule has 3 rings (SSSR count). The van der Waals surface area contributed by atoms with Gasteiger partial charge < -0.3 is 15.4 Å². The van der Waals surface area contributed by atoms with Crippen LogP contribution < -0.4 is 5.32 Å². The molecule has 0 unspecified atom stereocenters. The third-order valence-corrected chi connectivity index (χ3v) is 4.07. The number of aromatic nitrogens is 3. The standard InChI is InChI=1S/C17H17FN4O3/c1-10(22-6-2-5-20-22)16(23)21-15(17(24)25)7-11-9-19-14-8-12(18)3-4-13(11)14/h2-6,8-10,15,19H,7H2,1H3,(H,21,23)(H,24,25)/t10-,15+/m0/s1. The Balaban J connectivity index is 1.77. The molecule has 0 aliphatic carbocycles. The molecular formula is C17H17FN4O3. The summed E-state index contributed by atoms with van der Waals surface area (Å²) in [5, 5.41) is 16.7. The summed E-state index contributed by atoms with van der Waals surface area (Å²) in [6.07, 6.45) is 4.89. The zero-order valence-electron chi connectivity index (χ0n) is 13.4. The molecule has 1 aromatic carbocycles. The Kier molecular flexibility index (Phi) is 4.51. The minimum absolute atomic E-state index is 0.0819. The van der Waals surface area contributed by atoms with Crippen molar-refractivity contribution in [2.24, 2.45) is 0 Å². The van der Waals surface area contributed by atoms with Crippen molar-refractivity contribution in [1.82, 2.24) is 20.1 Å². The van der Waals surface area contributed by atoms with Crippen molar-refractivity contribution in [2.45, 2.75) is 25.4 Å².